The SMILES string of the molecule is C=Cc1ccccc1OP.CC.CCC(NCC1CCC(CNC)(c2ccccc2)CC1)c1ccccc1. The third-order valence-corrected chi connectivity index (χ3v) is 7.75. The van der Waals surface area contributed by atoms with Gasteiger partial charge in [0, 0.05) is 23.6 Å². The van der Waals surface area contributed by atoms with Gasteiger partial charge in [-0.05, 0) is 68.8 Å². The molecule has 2 atom stereocenters. The van der Waals surface area contributed by atoms with Crippen molar-refractivity contribution in [1.29, 1.82) is 0 Å². The monoisotopic (exact) mass is 532 g/mol. The Bertz CT molecular complexity index is 1020. The van der Waals surface area contributed by atoms with Gasteiger partial charge in [0.2, 0.25) is 0 Å². The van der Waals surface area contributed by atoms with Gasteiger partial charge in [-0.25, -0.2) is 0 Å². The van der Waals surface area contributed by atoms with Crippen LogP contribution in [-0.2, 0) is 5.41 Å². The Morgan fingerprint density at radius 3 is 2.05 bits per heavy atom. The first-order chi connectivity index (χ1) is 18.7. The first-order valence-corrected chi connectivity index (χ1v) is 14.7. The zero-order chi connectivity index (χ0) is 27.6. The fraction of sp³-hybridized carbons (Fsp3) is 0.412. The smallest absolute Gasteiger partial charge is 0.129 e. The Balaban J connectivity index is 0.000000353. The molecule has 0 spiro atoms. The Kier molecular flexibility index (Phi) is 15.0. The Labute approximate surface area is 234 Å². The van der Waals surface area contributed by atoms with Crippen LogP contribution in [0.5, 0.6) is 5.75 Å². The molecule has 3 aromatic carbocycles. The van der Waals surface area contributed by atoms with Crippen LogP contribution in [0.3, 0.4) is 0 Å². The van der Waals surface area contributed by atoms with Crippen molar-refractivity contribution < 1.29 is 4.52 Å². The molecule has 1 aliphatic rings. The summed E-state index contributed by atoms with van der Waals surface area (Å²) in [4.78, 5) is 0. The minimum atomic E-state index is 0.316. The first kappa shape index (κ1) is 31.8. The van der Waals surface area contributed by atoms with Crippen molar-refractivity contribution in [2.45, 2.75) is 64.3 Å². The van der Waals surface area contributed by atoms with Crippen LogP contribution in [0, 0.1) is 5.92 Å². The molecule has 2 N–H and O–H groups in total. The number of hydrogen-bond donors (Lipinski definition) is 2. The van der Waals surface area contributed by atoms with E-state index in [4.69, 9.17) is 4.52 Å². The van der Waals surface area contributed by atoms with Gasteiger partial charge in [-0.15, -0.1) is 0 Å². The highest BCUT2D eigenvalue weighted by Crippen LogP contribution is 2.41. The largest absolute Gasteiger partial charge is 0.480 e. The molecule has 0 saturated heterocycles. The summed E-state index contributed by atoms with van der Waals surface area (Å²) < 4.78 is 4.98. The Morgan fingerprint density at radius 1 is 0.947 bits per heavy atom. The van der Waals surface area contributed by atoms with Gasteiger partial charge in [0.25, 0.3) is 0 Å². The minimum Gasteiger partial charge on any atom is -0.480 e. The fourth-order valence-corrected chi connectivity index (χ4v) is 5.60. The number of likely N-dealkylation sites (N-methyl/N-ethyl adjacent to an activating group) is 1. The molecule has 1 saturated carbocycles. The summed E-state index contributed by atoms with van der Waals surface area (Å²) in [5.41, 5.74) is 4.25. The second kappa shape index (κ2) is 17.9. The van der Waals surface area contributed by atoms with E-state index in [0.717, 1.165) is 36.7 Å². The lowest BCUT2D eigenvalue weighted by molar-refractivity contribution is 0.218. The van der Waals surface area contributed by atoms with Gasteiger partial charge in [0.05, 0.1) is 9.47 Å². The van der Waals surface area contributed by atoms with E-state index in [-0.39, 0.29) is 0 Å². The molecule has 38 heavy (non-hydrogen) atoms. The summed E-state index contributed by atoms with van der Waals surface area (Å²) in [5.74, 6) is 1.63. The molecule has 0 bridgehead atoms. The highest BCUT2D eigenvalue weighted by Gasteiger charge is 2.36. The predicted octanol–water partition coefficient (Wildman–Crippen LogP) is 8.60. The molecule has 0 heterocycles. The normalized spacial score (nSPS) is 19.1. The van der Waals surface area contributed by atoms with E-state index < -0.39 is 0 Å². The van der Waals surface area contributed by atoms with Crippen molar-refractivity contribution in [2.75, 3.05) is 20.1 Å². The highest BCUT2D eigenvalue weighted by molar-refractivity contribution is 7.10. The lowest BCUT2D eigenvalue weighted by atomic mass is 9.66. The summed E-state index contributed by atoms with van der Waals surface area (Å²) in [5, 5.41) is 7.30. The van der Waals surface area contributed by atoms with Crippen molar-refractivity contribution in [3.05, 3.63) is 108 Å². The van der Waals surface area contributed by atoms with Gasteiger partial charge < -0.3 is 15.2 Å². The maximum Gasteiger partial charge on any atom is 0.129 e. The molecular weight excluding hydrogens is 483 g/mol. The van der Waals surface area contributed by atoms with E-state index in [0.29, 0.717) is 11.5 Å². The van der Waals surface area contributed by atoms with E-state index >= 15 is 0 Å². The molecule has 1 fully saturated rings. The van der Waals surface area contributed by atoms with Crippen LogP contribution >= 0.6 is 9.47 Å². The van der Waals surface area contributed by atoms with Crippen molar-refractivity contribution in [3.8, 4) is 5.75 Å². The van der Waals surface area contributed by atoms with Crippen molar-refractivity contribution in [3.63, 3.8) is 0 Å². The average molecular weight is 533 g/mol. The topological polar surface area (TPSA) is 33.3 Å². The molecule has 3 aromatic rings. The maximum atomic E-state index is 4.98. The number of rotatable bonds is 10. The Morgan fingerprint density at radius 2 is 1.53 bits per heavy atom. The molecule has 4 heteroatoms. The second-order valence-electron chi connectivity index (χ2n) is 9.76. The lowest BCUT2D eigenvalue weighted by Crippen LogP contribution is -2.42. The standard InChI is InChI=1S/C24H34N2.C8H9OP.C2H6/c1-3-23(21-10-6-4-7-11-21)26-18-20-14-16-24(17-15-20,19-25-2)22-12-8-5-9-13-22;1-2-7-5-3-4-6-8(7)9-10;1-2/h4-13,20,23,25-26H,3,14-19H2,1-2H3;2-6H,1,10H2;1-2H3. The molecule has 0 aromatic heterocycles. The number of benzene rings is 3. The van der Waals surface area contributed by atoms with Gasteiger partial charge in [-0.3, -0.25) is 0 Å². The van der Waals surface area contributed by atoms with E-state index in [1.165, 1.54) is 36.8 Å². The quantitative estimate of drug-likeness (QED) is 0.257. The van der Waals surface area contributed by atoms with E-state index in [1.807, 2.05) is 38.1 Å². The van der Waals surface area contributed by atoms with Crippen LogP contribution in [-0.4, -0.2) is 20.1 Å². The van der Waals surface area contributed by atoms with E-state index in [1.54, 1.807) is 6.08 Å². The lowest BCUT2D eigenvalue weighted by Gasteiger charge is -2.41. The summed E-state index contributed by atoms with van der Waals surface area (Å²) >= 11 is 0. The van der Waals surface area contributed by atoms with Crippen LogP contribution in [0.25, 0.3) is 6.08 Å². The van der Waals surface area contributed by atoms with Crippen LogP contribution in [0.15, 0.2) is 91.5 Å². The molecule has 206 valence electrons. The van der Waals surface area contributed by atoms with Gasteiger partial charge in [0.1, 0.15) is 5.75 Å². The molecule has 3 nitrogen and oxygen atoms in total. The second-order valence-corrected chi connectivity index (χ2v) is 10.00. The average Bonchev–Trinajstić information content (AvgIpc) is 3.00. The fourth-order valence-electron chi connectivity index (χ4n) is 5.38. The number of hydrogen-bond acceptors (Lipinski definition) is 3. The van der Waals surface area contributed by atoms with Crippen molar-refractivity contribution in [2.24, 2.45) is 5.92 Å². The predicted molar refractivity (Wildman–Crippen MR) is 170 cm³/mol. The van der Waals surface area contributed by atoms with Gasteiger partial charge in [-0.1, -0.05) is 112 Å². The van der Waals surface area contributed by atoms with Crippen LogP contribution in [0.2, 0.25) is 0 Å². The van der Waals surface area contributed by atoms with Crippen molar-refractivity contribution in [1.82, 2.24) is 10.6 Å². The third kappa shape index (κ3) is 9.38. The minimum absolute atomic E-state index is 0.316. The highest BCUT2D eigenvalue weighted by atomic mass is 31.0. The van der Waals surface area contributed by atoms with Gasteiger partial charge in [0.15, 0.2) is 0 Å². The van der Waals surface area contributed by atoms with Crippen molar-refractivity contribution >= 4 is 15.5 Å². The van der Waals surface area contributed by atoms with Crippen LogP contribution < -0.4 is 15.2 Å². The maximum absolute atomic E-state index is 4.98. The van der Waals surface area contributed by atoms with Crippen LogP contribution in [0.1, 0.15) is 75.6 Å². The molecule has 4 rings (SSSR count). The summed E-state index contributed by atoms with van der Waals surface area (Å²) in [7, 11) is 4.30. The summed E-state index contributed by atoms with van der Waals surface area (Å²) in [6.45, 7) is 12.1. The Hall–Kier alpha value is -2.45. The zero-order valence-corrected chi connectivity index (χ0v) is 25.1. The zero-order valence-electron chi connectivity index (χ0n) is 24.0. The molecule has 2 unspecified atom stereocenters. The molecule has 0 aliphatic heterocycles. The summed E-state index contributed by atoms with van der Waals surface area (Å²) in [6, 6.07) is 30.2. The molecular formula is C34H49N2OP. The third-order valence-electron chi connectivity index (χ3n) is 7.49. The van der Waals surface area contributed by atoms with E-state index in [9.17, 15) is 0 Å². The molecule has 0 amide bonds. The summed E-state index contributed by atoms with van der Waals surface area (Å²) in [6.07, 6.45) is 8.10. The molecule has 1 aliphatic carbocycles. The van der Waals surface area contributed by atoms with Crippen LogP contribution in [0.4, 0.5) is 0 Å². The molecule has 0 radical (unpaired) electrons. The number of para-hydroxylation sites is 1. The van der Waals surface area contributed by atoms with E-state index in [2.05, 4.69) is 101 Å². The first-order valence-electron chi connectivity index (χ1n) is 14.2. The van der Waals surface area contributed by atoms with Gasteiger partial charge in [-0.2, -0.15) is 0 Å². The number of nitrogens with one attached hydrogen (secondary N) is 2. The van der Waals surface area contributed by atoms with Gasteiger partial charge >= 0.3 is 0 Å².